The van der Waals surface area contributed by atoms with Crippen molar-refractivity contribution in [2.75, 3.05) is 19.6 Å². The number of rotatable bonds is 6. The fourth-order valence-corrected chi connectivity index (χ4v) is 4.70. The molecular formula is C23H25N3OS. The molecule has 0 radical (unpaired) electrons. The van der Waals surface area contributed by atoms with E-state index in [1.807, 2.05) is 41.8 Å². The Labute approximate surface area is 170 Å². The van der Waals surface area contributed by atoms with Crippen LogP contribution in [0.15, 0.2) is 66.0 Å². The first kappa shape index (κ1) is 18.8. The Morgan fingerprint density at radius 3 is 2.25 bits per heavy atom. The van der Waals surface area contributed by atoms with Crippen LogP contribution in [0, 0.1) is 0 Å². The van der Waals surface area contributed by atoms with Crippen molar-refractivity contribution >= 4 is 17.2 Å². The van der Waals surface area contributed by atoms with Gasteiger partial charge in [0.25, 0.3) is 5.91 Å². The lowest BCUT2D eigenvalue weighted by Crippen LogP contribution is -2.29. The molecule has 28 heavy (non-hydrogen) atoms. The zero-order valence-electron chi connectivity index (χ0n) is 15.8. The highest BCUT2D eigenvalue weighted by atomic mass is 32.1. The van der Waals surface area contributed by atoms with Gasteiger partial charge in [0.2, 0.25) is 0 Å². The van der Waals surface area contributed by atoms with Gasteiger partial charge in [-0.1, -0.05) is 60.7 Å². The largest absolute Gasteiger partial charge is 0.350 e. The summed E-state index contributed by atoms with van der Waals surface area (Å²) in [4.78, 5) is 17.4. The maximum absolute atomic E-state index is 12.7. The van der Waals surface area contributed by atoms with Crippen molar-refractivity contribution in [1.29, 1.82) is 0 Å². The number of aromatic nitrogens is 1. The van der Waals surface area contributed by atoms with Crippen molar-refractivity contribution in [1.82, 2.24) is 15.6 Å². The summed E-state index contributed by atoms with van der Waals surface area (Å²) in [5, 5.41) is 9.47. The summed E-state index contributed by atoms with van der Waals surface area (Å²) in [6, 6.07) is 20.6. The summed E-state index contributed by atoms with van der Waals surface area (Å²) in [5.41, 5.74) is 2.93. The third kappa shape index (κ3) is 4.49. The van der Waals surface area contributed by atoms with E-state index in [9.17, 15) is 4.79 Å². The van der Waals surface area contributed by atoms with Crippen LogP contribution in [-0.2, 0) is 0 Å². The highest BCUT2D eigenvalue weighted by molar-refractivity contribution is 7.09. The van der Waals surface area contributed by atoms with Crippen LogP contribution in [0.25, 0.3) is 0 Å². The Morgan fingerprint density at radius 1 is 1.04 bits per heavy atom. The zero-order valence-corrected chi connectivity index (χ0v) is 16.6. The third-order valence-electron chi connectivity index (χ3n) is 5.31. The van der Waals surface area contributed by atoms with Gasteiger partial charge in [-0.05, 0) is 37.1 Å². The number of hydrogen-bond acceptors (Lipinski definition) is 4. The molecule has 4 rings (SSSR count). The second-order valence-corrected chi connectivity index (χ2v) is 8.07. The minimum Gasteiger partial charge on any atom is -0.350 e. The molecule has 2 aromatic carbocycles. The molecule has 1 fully saturated rings. The molecule has 0 saturated carbocycles. The van der Waals surface area contributed by atoms with E-state index in [0.717, 1.165) is 30.9 Å². The van der Waals surface area contributed by atoms with Crippen LogP contribution in [0.3, 0.4) is 0 Å². The molecule has 4 nitrogen and oxygen atoms in total. The summed E-state index contributed by atoms with van der Waals surface area (Å²) in [6.45, 7) is 2.61. The van der Waals surface area contributed by atoms with Crippen LogP contribution in [-0.4, -0.2) is 30.5 Å². The highest BCUT2D eigenvalue weighted by Gasteiger charge is 2.21. The number of amides is 1. The maximum Gasteiger partial charge on any atom is 0.270 e. The summed E-state index contributed by atoms with van der Waals surface area (Å²) in [5.74, 6) is 0.511. The van der Waals surface area contributed by atoms with Gasteiger partial charge >= 0.3 is 0 Å². The highest BCUT2D eigenvalue weighted by Crippen LogP contribution is 2.28. The minimum absolute atomic E-state index is 0.0895. The quantitative estimate of drug-likeness (QED) is 0.663. The molecule has 5 heteroatoms. The number of carbonyl (C=O) groups excluding carboxylic acids is 1. The molecule has 1 saturated heterocycles. The van der Waals surface area contributed by atoms with Crippen molar-refractivity contribution in [2.24, 2.45) is 0 Å². The predicted octanol–water partition coefficient (Wildman–Crippen LogP) is 4.17. The van der Waals surface area contributed by atoms with Gasteiger partial charge < -0.3 is 10.6 Å². The lowest BCUT2D eigenvalue weighted by Gasteiger charge is -2.20. The second kappa shape index (κ2) is 9.13. The third-order valence-corrected chi connectivity index (χ3v) is 6.32. The molecule has 1 aliphatic rings. The fourth-order valence-electron chi connectivity index (χ4n) is 3.73. The normalized spacial score (nSPS) is 14.9. The molecule has 1 aromatic heterocycles. The Hall–Kier alpha value is -2.50. The van der Waals surface area contributed by atoms with Gasteiger partial charge in [-0.2, -0.15) is 0 Å². The molecule has 1 amide bonds. The Balaban J connectivity index is 1.45. The predicted molar refractivity (Wildman–Crippen MR) is 114 cm³/mol. The molecule has 2 heterocycles. The van der Waals surface area contributed by atoms with E-state index in [0.29, 0.717) is 18.2 Å². The van der Waals surface area contributed by atoms with E-state index in [-0.39, 0.29) is 11.8 Å². The second-order valence-electron chi connectivity index (χ2n) is 7.18. The minimum atomic E-state index is -0.0895. The Bertz CT molecular complexity index is 849. The Kier molecular flexibility index (Phi) is 6.14. The van der Waals surface area contributed by atoms with Gasteiger partial charge in [0, 0.05) is 23.8 Å². The number of piperidine rings is 1. The van der Waals surface area contributed by atoms with Crippen LogP contribution in [0.4, 0.5) is 0 Å². The van der Waals surface area contributed by atoms with Crippen molar-refractivity contribution in [3.8, 4) is 0 Å². The van der Waals surface area contributed by atoms with E-state index in [4.69, 9.17) is 0 Å². The first-order valence-corrected chi connectivity index (χ1v) is 10.7. The summed E-state index contributed by atoms with van der Waals surface area (Å²) >= 11 is 1.61. The van der Waals surface area contributed by atoms with Crippen LogP contribution >= 0.6 is 11.3 Å². The summed E-state index contributed by atoms with van der Waals surface area (Å²) in [6.07, 6.45) is 2.19. The molecule has 144 valence electrons. The molecular weight excluding hydrogens is 366 g/mol. The van der Waals surface area contributed by atoms with E-state index >= 15 is 0 Å². The van der Waals surface area contributed by atoms with Gasteiger partial charge in [-0.15, -0.1) is 11.3 Å². The number of thiazole rings is 1. The van der Waals surface area contributed by atoms with Gasteiger partial charge in [0.1, 0.15) is 5.69 Å². The lowest BCUT2D eigenvalue weighted by molar-refractivity contribution is 0.0948. The van der Waals surface area contributed by atoms with Crippen LogP contribution in [0.2, 0.25) is 0 Å². The average molecular weight is 392 g/mol. The standard InChI is InChI=1S/C23H25N3OS/c27-22(21-16-28-23(26-21)19-11-13-24-14-12-19)25-15-20(17-7-3-1-4-8-17)18-9-5-2-6-10-18/h1-10,16,19-20,24H,11-15H2,(H,25,27). The van der Waals surface area contributed by atoms with Gasteiger partial charge in [0.05, 0.1) is 5.01 Å². The molecule has 0 spiro atoms. The van der Waals surface area contributed by atoms with E-state index < -0.39 is 0 Å². The van der Waals surface area contributed by atoms with Crippen LogP contribution in [0.1, 0.15) is 51.3 Å². The summed E-state index contributed by atoms with van der Waals surface area (Å²) in [7, 11) is 0. The molecule has 0 aliphatic carbocycles. The SMILES string of the molecule is O=C(NCC(c1ccccc1)c1ccccc1)c1csc(C2CCNCC2)n1. The van der Waals surface area contributed by atoms with Crippen LogP contribution < -0.4 is 10.6 Å². The number of nitrogens with one attached hydrogen (secondary N) is 2. The molecule has 1 aliphatic heterocycles. The van der Waals surface area contributed by atoms with Crippen molar-refractivity contribution in [3.05, 3.63) is 87.9 Å². The smallest absolute Gasteiger partial charge is 0.270 e. The van der Waals surface area contributed by atoms with Gasteiger partial charge in [-0.25, -0.2) is 4.98 Å². The zero-order chi connectivity index (χ0) is 19.2. The first-order chi connectivity index (χ1) is 13.8. The molecule has 3 aromatic rings. The van der Waals surface area contributed by atoms with Gasteiger partial charge in [-0.3, -0.25) is 4.79 Å². The molecule has 0 bridgehead atoms. The number of benzene rings is 2. The Morgan fingerprint density at radius 2 is 1.64 bits per heavy atom. The van der Waals surface area contributed by atoms with Crippen molar-refractivity contribution in [3.63, 3.8) is 0 Å². The van der Waals surface area contributed by atoms with Gasteiger partial charge in [0.15, 0.2) is 0 Å². The maximum atomic E-state index is 12.7. The van der Waals surface area contributed by atoms with Crippen molar-refractivity contribution in [2.45, 2.75) is 24.7 Å². The molecule has 0 unspecified atom stereocenters. The van der Waals surface area contributed by atoms with Crippen molar-refractivity contribution < 1.29 is 4.79 Å². The van der Waals surface area contributed by atoms with Crippen LogP contribution in [0.5, 0.6) is 0 Å². The first-order valence-electron chi connectivity index (χ1n) is 9.85. The number of carbonyl (C=O) groups is 1. The van der Waals surface area contributed by atoms with E-state index in [2.05, 4.69) is 39.9 Å². The molecule has 0 atom stereocenters. The molecule has 2 N–H and O–H groups in total. The average Bonchev–Trinajstić information content (AvgIpc) is 3.26. The fraction of sp³-hybridized carbons (Fsp3) is 0.304. The summed E-state index contributed by atoms with van der Waals surface area (Å²) < 4.78 is 0. The van der Waals surface area contributed by atoms with E-state index in [1.165, 1.54) is 11.1 Å². The monoisotopic (exact) mass is 391 g/mol. The number of nitrogens with zero attached hydrogens (tertiary/aromatic N) is 1. The lowest BCUT2D eigenvalue weighted by atomic mass is 9.91. The topological polar surface area (TPSA) is 54.0 Å². The number of hydrogen-bond donors (Lipinski definition) is 2. The van der Waals surface area contributed by atoms with E-state index in [1.54, 1.807) is 11.3 Å².